The van der Waals surface area contributed by atoms with Crippen LogP contribution in [0.4, 0.5) is 10.1 Å². The van der Waals surface area contributed by atoms with Crippen LogP contribution in [0.25, 0.3) is 0 Å². The summed E-state index contributed by atoms with van der Waals surface area (Å²) in [5, 5.41) is 15.4. The molecule has 0 bridgehead atoms. The minimum absolute atomic E-state index is 0.00855. The monoisotopic (exact) mass is 468 g/mol. The highest BCUT2D eigenvalue weighted by Crippen LogP contribution is 2.41. The third kappa shape index (κ3) is 3.93. The maximum absolute atomic E-state index is 13.6. The molecule has 3 aliphatic rings. The molecule has 33 heavy (non-hydrogen) atoms. The number of carbonyl (C=O) groups is 1. The Morgan fingerprint density at radius 3 is 2.45 bits per heavy atom. The van der Waals surface area contributed by atoms with Crippen molar-refractivity contribution in [3.05, 3.63) is 82.3 Å². The number of nitrogens with zero attached hydrogens (tertiary/aromatic N) is 1. The highest BCUT2D eigenvalue weighted by Gasteiger charge is 2.45. The van der Waals surface area contributed by atoms with Crippen molar-refractivity contribution in [2.45, 2.75) is 49.6 Å². The van der Waals surface area contributed by atoms with E-state index in [-0.39, 0.29) is 40.2 Å². The lowest BCUT2D eigenvalue weighted by atomic mass is 9.83. The normalized spacial score (nSPS) is 22.7. The predicted octanol–water partition coefficient (Wildman–Crippen LogP) is 4.67. The lowest BCUT2D eigenvalue weighted by Crippen LogP contribution is -2.41. The van der Waals surface area contributed by atoms with Gasteiger partial charge in [0.15, 0.2) is 0 Å². The number of aliphatic hydroxyl groups excluding tert-OH is 1. The zero-order valence-corrected chi connectivity index (χ0v) is 18.8. The van der Waals surface area contributed by atoms with E-state index in [1.54, 1.807) is 35.2 Å². The molecule has 2 heterocycles. The fourth-order valence-corrected chi connectivity index (χ4v) is 6.45. The molecule has 172 valence electrons. The number of halogens is 1. The van der Waals surface area contributed by atoms with Gasteiger partial charge in [-0.25, -0.2) is 12.8 Å². The number of para-hydroxylation sites is 1. The van der Waals surface area contributed by atoms with Gasteiger partial charge in [0, 0.05) is 6.54 Å². The zero-order chi connectivity index (χ0) is 23.2. The van der Waals surface area contributed by atoms with E-state index < -0.39 is 21.8 Å². The molecule has 1 saturated carbocycles. The van der Waals surface area contributed by atoms with Gasteiger partial charge in [-0.15, -0.1) is 0 Å². The van der Waals surface area contributed by atoms with Crippen molar-refractivity contribution in [2.75, 3.05) is 5.32 Å². The maximum Gasteiger partial charge on any atom is 0.260 e. The Balaban J connectivity index is 1.55. The lowest BCUT2D eigenvalue weighted by Gasteiger charge is -2.34. The van der Waals surface area contributed by atoms with Gasteiger partial charge in [0.05, 0.1) is 27.7 Å². The number of aliphatic hydroxyl groups is 1. The SMILES string of the molecule is O=C1C(C2=CS(=O)(=O)c3ccccc3N2)=C(O)[C@H](C2CCCCC2)N1Cc1ccc(F)cc1. The molecule has 0 aromatic heterocycles. The molecule has 0 spiro atoms. The third-order valence-electron chi connectivity index (χ3n) is 6.71. The molecule has 1 amide bonds. The molecular formula is C25H25FN2O4S. The van der Waals surface area contributed by atoms with E-state index in [0.717, 1.165) is 43.1 Å². The summed E-state index contributed by atoms with van der Waals surface area (Å²) in [6.07, 6.45) is 4.91. The van der Waals surface area contributed by atoms with E-state index in [1.165, 1.54) is 18.2 Å². The van der Waals surface area contributed by atoms with Gasteiger partial charge >= 0.3 is 0 Å². The third-order valence-corrected chi connectivity index (χ3v) is 8.23. The number of nitrogens with one attached hydrogen (secondary N) is 1. The summed E-state index contributed by atoms with van der Waals surface area (Å²) in [6, 6.07) is 11.9. The molecule has 2 aromatic carbocycles. The Morgan fingerprint density at radius 2 is 1.73 bits per heavy atom. The van der Waals surface area contributed by atoms with Crippen LogP contribution in [-0.4, -0.2) is 30.4 Å². The van der Waals surface area contributed by atoms with Gasteiger partial charge in [-0.05, 0) is 48.6 Å². The predicted molar refractivity (Wildman–Crippen MR) is 122 cm³/mol. The molecule has 2 aliphatic heterocycles. The molecule has 1 aliphatic carbocycles. The minimum Gasteiger partial charge on any atom is -0.509 e. The van der Waals surface area contributed by atoms with Crippen molar-refractivity contribution in [3.63, 3.8) is 0 Å². The van der Waals surface area contributed by atoms with Gasteiger partial charge in [-0.1, -0.05) is 43.5 Å². The molecule has 0 radical (unpaired) electrons. The van der Waals surface area contributed by atoms with Crippen molar-refractivity contribution in [1.82, 2.24) is 4.90 Å². The van der Waals surface area contributed by atoms with E-state index in [4.69, 9.17) is 0 Å². The number of rotatable bonds is 4. The van der Waals surface area contributed by atoms with Crippen LogP contribution in [0.5, 0.6) is 0 Å². The zero-order valence-electron chi connectivity index (χ0n) is 18.0. The van der Waals surface area contributed by atoms with Crippen molar-refractivity contribution in [1.29, 1.82) is 0 Å². The van der Waals surface area contributed by atoms with Crippen LogP contribution in [0.3, 0.4) is 0 Å². The van der Waals surface area contributed by atoms with Gasteiger partial charge in [0.2, 0.25) is 9.84 Å². The topological polar surface area (TPSA) is 86.7 Å². The van der Waals surface area contributed by atoms with Crippen molar-refractivity contribution >= 4 is 21.4 Å². The van der Waals surface area contributed by atoms with Gasteiger partial charge in [0.1, 0.15) is 17.1 Å². The first-order valence-electron chi connectivity index (χ1n) is 11.2. The Labute approximate surface area is 192 Å². The van der Waals surface area contributed by atoms with Crippen LogP contribution < -0.4 is 5.32 Å². The molecule has 1 fully saturated rings. The Kier molecular flexibility index (Phi) is 5.48. The quantitative estimate of drug-likeness (QED) is 0.681. The van der Waals surface area contributed by atoms with Gasteiger partial charge in [-0.2, -0.15) is 0 Å². The van der Waals surface area contributed by atoms with Crippen LogP contribution in [0.15, 0.2) is 75.9 Å². The number of fused-ring (bicyclic) bond motifs is 1. The average Bonchev–Trinajstić information content (AvgIpc) is 3.04. The number of sulfone groups is 1. The Bertz CT molecular complexity index is 1260. The van der Waals surface area contributed by atoms with Crippen molar-refractivity contribution in [3.8, 4) is 0 Å². The second kappa shape index (κ2) is 8.33. The van der Waals surface area contributed by atoms with Crippen LogP contribution in [0.2, 0.25) is 0 Å². The van der Waals surface area contributed by atoms with E-state index in [2.05, 4.69) is 5.32 Å². The van der Waals surface area contributed by atoms with Crippen LogP contribution in [-0.2, 0) is 21.2 Å². The maximum atomic E-state index is 13.6. The Morgan fingerprint density at radius 1 is 1.03 bits per heavy atom. The molecular weight excluding hydrogens is 443 g/mol. The lowest BCUT2D eigenvalue weighted by molar-refractivity contribution is -0.128. The summed E-state index contributed by atoms with van der Waals surface area (Å²) in [5.41, 5.74) is 1.18. The number of hydrogen-bond acceptors (Lipinski definition) is 5. The standard InChI is InChI=1S/C25H25FN2O4S/c26-18-12-10-16(11-13-18)14-28-23(17-6-2-1-3-7-17)24(29)22(25(28)30)20-15-33(31,32)21-9-5-4-8-19(21)27-20/h4-5,8-13,15,17,23,27,29H,1-3,6-7,14H2/t23-/m0/s1. The molecule has 6 nitrogen and oxygen atoms in total. The molecule has 0 saturated heterocycles. The largest absolute Gasteiger partial charge is 0.509 e. The van der Waals surface area contributed by atoms with Crippen molar-refractivity contribution < 1.29 is 22.7 Å². The average molecular weight is 469 g/mol. The van der Waals surface area contributed by atoms with Crippen LogP contribution >= 0.6 is 0 Å². The first-order valence-corrected chi connectivity index (χ1v) is 12.7. The molecule has 2 aromatic rings. The van der Waals surface area contributed by atoms with Gasteiger partial charge in [0.25, 0.3) is 5.91 Å². The van der Waals surface area contributed by atoms with Crippen LogP contribution in [0, 0.1) is 11.7 Å². The molecule has 0 unspecified atom stereocenters. The molecule has 8 heteroatoms. The first-order chi connectivity index (χ1) is 15.8. The number of hydrogen-bond donors (Lipinski definition) is 2. The van der Waals surface area contributed by atoms with Gasteiger partial charge in [-0.3, -0.25) is 4.79 Å². The first kappa shape index (κ1) is 21.7. The number of carbonyl (C=O) groups excluding carboxylic acids is 1. The summed E-state index contributed by atoms with van der Waals surface area (Å²) in [5.74, 6) is -0.811. The molecule has 1 atom stereocenters. The smallest absolute Gasteiger partial charge is 0.260 e. The summed E-state index contributed by atoms with van der Waals surface area (Å²) in [4.78, 5) is 15.4. The van der Waals surface area contributed by atoms with E-state index >= 15 is 0 Å². The van der Waals surface area contributed by atoms with Crippen LogP contribution in [0.1, 0.15) is 37.7 Å². The van der Waals surface area contributed by atoms with E-state index in [0.29, 0.717) is 5.69 Å². The fourth-order valence-electron chi connectivity index (χ4n) is 5.15. The Hall–Kier alpha value is -3.13. The van der Waals surface area contributed by atoms with Crippen molar-refractivity contribution in [2.24, 2.45) is 5.92 Å². The van der Waals surface area contributed by atoms with E-state index in [9.17, 15) is 22.7 Å². The highest BCUT2D eigenvalue weighted by molar-refractivity contribution is 7.94. The number of amides is 1. The van der Waals surface area contributed by atoms with Gasteiger partial charge < -0.3 is 15.3 Å². The molecule has 5 rings (SSSR count). The fraction of sp³-hybridized carbons (Fsp3) is 0.320. The summed E-state index contributed by atoms with van der Waals surface area (Å²) < 4.78 is 39.1. The second-order valence-electron chi connectivity index (χ2n) is 8.86. The van der Waals surface area contributed by atoms with E-state index in [1.807, 2.05) is 0 Å². The second-order valence-corrected chi connectivity index (χ2v) is 10.6. The highest BCUT2D eigenvalue weighted by atomic mass is 32.2. The number of benzene rings is 2. The summed E-state index contributed by atoms with van der Waals surface area (Å²) in [6.45, 7) is 0.199. The molecule has 2 N–H and O–H groups in total. The summed E-state index contributed by atoms with van der Waals surface area (Å²) in [7, 11) is -3.78. The minimum atomic E-state index is -3.78. The summed E-state index contributed by atoms with van der Waals surface area (Å²) >= 11 is 0. The number of anilines is 1.